The standard InChI is InChI=1S/C7H15N3O2/c1-9-7(12)6(8)4-2-10-3-5(4)11/h4-6,10-11H,2-3,8H2,1H3,(H,9,12)/t4-,5+,6+/m0/s1. The smallest absolute Gasteiger partial charge is 0.237 e. The van der Waals surface area contributed by atoms with E-state index in [2.05, 4.69) is 10.6 Å². The fourth-order valence-electron chi connectivity index (χ4n) is 1.41. The predicted molar refractivity (Wildman–Crippen MR) is 44.4 cm³/mol. The molecule has 1 rings (SSSR count). The van der Waals surface area contributed by atoms with Gasteiger partial charge in [-0.2, -0.15) is 0 Å². The van der Waals surface area contributed by atoms with Crippen LogP contribution in [0.25, 0.3) is 0 Å². The van der Waals surface area contributed by atoms with E-state index in [4.69, 9.17) is 5.73 Å². The molecular formula is C7H15N3O2. The highest BCUT2D eigenvalue weighted by molar-refractivity contribution is 5.81. The van der Waals surface area contributed by atoms with Gasteiger partial charge in [0, 0.05) is 26.1 Å². The molecule has 1 heterocycles. The van der Waals surface area contributed by atoms with E-state index >= 15 is 0 Å². The first-order chi connectivity index (χ1) is 5.66. The van der Waals surface area contributed by atoms with Crippen LogP contribution in [0.5, 0.6) is 0 Å². The van der Waals surface area contributed by atoms with Crippen molar-refractivity contribution in [1.29, 1.82) is 0 Å². The van der Waals surface area contributed by atoms with Crippen molar-refractivity contribution >= 4 is 5.91 Å². The SMILES string of the molecule is CNC(=O)[C@H](N)[C@H]1CNC[C@H]1O. The fraction of sp³-hybridized carbons (Fsp3) is 0.857. The Morgan fingerprint density at radius 2 is 2.42 bits per heavy atom. The van der Waals surface area contributed by atoms with E-state index in [0.717, 1.165) is 0 Å². The van der Waals surface area contributed by atoms with Crippen LogP contribution in [-0.4, -0.2) is 43.3 Å². The molecule has 0 unspecified atom stereocenters. The van der Waals surface area contributed by atoms with E-state index < -0.39 is 12.1 Å². The highest BCUT2D eigenvalue weighted by Gasteiger charge is 2.33. The van der Waals surface area contributed by atoms with E-state index in [-0.39, 0.29) is 11.8 Å². The van der Waals surface area contributed by atoms with Gasteiger partial charge in [0.1, 0.15) is 0 Å². The molecule has 70 valence electrons. The second-order valence-electron chi connectivity index (χ2n) is 3.03. The van der Waals surface area contributed by atoms with Crippen LogP contribution in [-0.2, 0) is 4.79 Å². The molecule has 0 bridgehead atoms. The Hall–Kier alpha value is -0.650. The maximum atomic E-state index is 11.1. The minimum atomic E-state index is -0.611. The normalized spacial score (nSPS) is 31.6. The van der Waals surface area contributed by atoms with Crippen LogP contribution < -0.4 is 16.4 Å². The van der Waals surface area contributed by atoms with Crippen LogP contribution in [0.3, 0.4) is 0 Å². The number of carbonyl (C=O) groups is 1. The molecule has 1 fully saturated rings. The molecule has 0 spiro atoms. The van der Waals surface area contributed by atoms with Gasteiger partial charge >= 0.3 is 0 Å². The number of carbonyl (C=O) groups excluding carboxylic acids is 1. The molecule has 0 aromatic rings. The van der Waals surface area contributed by atoms with E-state index in [1.54, 1.807) is 0 Å². The third kappa shape index (κ3) is 1.74. The average molecular weight is 173 g/mol. The number of β-amino-alcohol motifs (C(OH)–C–C–N with tert-alkyl or cyclic N) is 1. The summed E-state index contributed by atoms with van der Waals surface area (Å²) in [7, 11) is 1.54. The van der Waals surface area contributed by atoms with Crippen LogP contribution in [0.15, 0.2) is 0 Å². The molecular weight excluding hydrogens is 158 g/mol. The minimum Gasteiger partial charge on any atom is -0.391 e. The summed E-state index contributed by atoms with van der Waals surface area (Å²) in [5.41, 5.74) is 5.61. The number of nitrogens with two attached hydrogens (primary N) is 1. The van der Waals surface area contributed by atoms with Crippen molar-refractivity contribution in [1.82, 2.24) is 10.6 Å². The van der Waals surface area contributed by atoms with Gasteiger partial charge < -0.3 is 21.5 Å². The third-order valence-electron chi connectivity index (χ3n) is 2.24. The van der Waals surface area contributed by atoms with Gasteiger partial charge in [0.25, 0.3) is 0 Å². The Labute approximate surface area is 71.3 Å². The first-order valence-corrected chi connectivity index (χ1v) is 4.02. The number of hydrogen-bond donors (Lipinski definition) is 4. The van der Waals surface area contributed by atoms with Crippen LogP contribution >= 0.6 is 0 Å². The Morgan fingerprint density at radius 3 is 2.83 bits per heavy atom. The minimum absolute atomic E-state index is 0.162. The second kappa shape index (κ2) is 3.84. The number of hydrogen-bond acceptors (Lipinski definition) is 4. The van der Waals surface area contributed by atoms with E-state index in [1.807, 2.05) is 0 Å². The second-order valence-corrected chi connectivity index (χ2v) is 3.03. The Kier molecular flexibility index (Phi) is 3.02. The molecule has 1 saturated heterocycles. The monoisotopic (exact) mass is 173 g/mol. The topological polar surface area (TPSA) is 87.4 Å². The zero-order valence-electron chi connectivity index (χ0n) is 7.08. The van der Waals surface area contributed by atoms with Crippen molar-refractivity contribution in [2.75, 3.05) is 20.1 Å². The lowest BCUT2D eigenvalue weighted by Gasteiger charge is -2.19. The number of rotatable bonds is 2. The first kappa shape index (κ1) is 9.44. The predicted octanol–water partition coefficient (Wildman–Crippen LogP) is -2.36. The molecule has 12 heavy (non-hydrogen) atoms. The highest BCUT2D eigenvalue weighted by atomic mass is 16.3. The summed E-state index contributed by atoms with van der Waals surface area (Å²) >= 11 is 0. The van der Waals surface area contributed by atoms with Gasteiger partial charge in [-0.3, -0.25) is 4.79 Å². The van der Waals surface area contributed by atoms with Crippen LogP contribution in [0, 0.1) is 5.92 Å². The largest absolute Gasteiger partial charge is 0.391 e. The molecule has 0 aromatic carbocycles. The number of likely N-dealkylation sites (N-methyl/N-ethyl adjacent to an activating group) is 1. The maximum Gasteiger partial charge on any atom is 0.237 e. The maximum absolute atomic E-state index is 11.1. The van der Waals surface area contributed by atoms with Crippen LogP contribution in [0.1, 0.15) is 0 Å². The zero-order valence-corrected chi connectivity index (χ0v) is 7.08. The summed E-state index contributed by atoms with van der Waals surface area (Å²) in [5.74, 6) is -0.382. The summed E-state index contributed by atoms with van der Waals surface area (Å²) in [6.45, 7) is 1.13. The van der Waals surface area contributed by atoms with Gasteiger partial charge in [0.2, 0.25) is 5.91 Å². The summed E-state index contributed by atoms with van der Waals surface area (Å²) in [4.78, 5) is 11.1. The summed E-state index contributed by atoms with van der Waals surface area (Å²) in [6.07, 6.45) is -0.503. The molecule has 1 aliphatic rings. The van der Waals surface area contributed by atoms with Crippen molar-refractivity contribution < 1.29 is 9.90 Å². The van der Waals surface area contributed by atoms with Crippen LogP contribution in [0.4, 0.5) is 0 Å². The van der Waals surface area contributed by atoms with Crippen LogP contribution in [0.2, 0.25) is 0 Å². The Balaban J connectivity index is 2.51. The van der Waals surface area contributed by atoms with Gasteiger partial charge in [0.15, 0.2) is 0 Å². The summed E-state index contributed by atoms with van der Waals surface area (Å²) in [6, 6.07) is -0.611. The molecule has 1 aliphatic heterocycles. The molecule has 0 aliphatic carbocycles. The van der Waals surface area contributed by atoms with Gasteiger partial charge in [-0.15, -0.1) is 0 Å². The first-order valence-electron chi connectivity index (χ1n) is 4.02. The molecule has 0 aromatic heterocycles. The summed E-state index contributed by atoms with van der Waals surface area (Å²) < 4.78 is 0. The average Bonchev–Trinajstić information content (AvgIpc) is 2.48. The van der Waals surface area contributed by atoms with Crippen molar-refractivity contribution in [3.63, 3.8) is 0 Å². The van der Waals surface area contributed by atoms with E-state index in [1.165, 1.54) is 7.05 Å². The molecule has 5 nitrogen and oxygen atoms in total. The van der Waals surface area contributed by atoms with Gasteiger partial charge in [-0.25, -0.2) is 0 Å². The van der Waals surface area contributed by atoms with E-state index in [0.29, 0.717) is 13.1 Å². The Morgan fingerprint density at radius 1 is 1.75 bits per heavy atom. The molecule has 5 N–H and O–H groups in total. The van der Waals surface area contributed by atoms with Crippen molar-refractivity contribution in [3.8, 4) is 0 Å². The lowest BCUT2D eigenvalue weighted by Crippen LogP contribution is -2.48. The number of aliphatic hydroxyl groups is 1. The lowest BCUT2D eigenvalue weighted by molar-refractivity contribution is -0.123. The van der Waals surface area contributed by atoms with Crippen molar-refractivity contribution in [2.45, 2.75) is 12.1 Å². The molecule has 1 amide bonds. The van der Waals surface area contributed by atoms with Gasteiger partial charge in [-0.1, -0.05) is 0 Å². The number of amides is 1. The number of nitrogens with one attached hydrogen (secondary N) is 2. The molecule has 5 heteroatoms. The van der Waals surface area contributed by atoms with Gasteiger partial charge in [-0.05, 0) is 0 Å². The molecule has 0 radical (unpaired) electrons. The quantitative estimate of drug-likeness (QED) is 0.376. The zero-order chi connectivity index (χ0) is 9.14. The Bertz CT molecular complexity index is 174. The van der Waals surface area contributed by atoms with Crippen molar-refractivity contribution in [3.05, 3.63) is 0 Å². The van der Waals surface area contributed by atoms with E-state index in [9.17, 15) is 9.90 Å². The highest BCUT2D eigenvalue weighted by Crippen LogP contribution is 2.11. The third-order valence-corrected chi connectivity index (χ3v) is 2.24. The van der Waals surface area contributed by atoms with Gasteiger partial charge in [0.05, 0.1) is 12.1 Å². The lowest BCUT2D eigenvalue weighted by atomic mass is 9.97. The molecule has 0 saturated carbocycles. The fourth-order valence-corrected chi connectivity index (χ4v) is 1.41. The molecule has 3 atom stereocenters. The van der Waals surface area contributed by atoms with Crippen molar-refractivity contribution in [2.24, 2.45) is 11.7 Å². The number of aliphatic hydroxyl groups excluding tert-OH is 1. The summed E-state index contributed by atoms with van der Waals surface area (Å²) in [5, 5.41) is 14.8.